The van der Waals surface area contributed by atoms with Crippen LogP contribution in [0, 0.1) is 0 Å². The van der Waals surface area contributed by atoms with E-state index in [4.69, 9.17) is 21.1 Å². The molecule has 2 heterocycles. The van der Waals surface area contributed by atoms with Gasteiger partial charge in [-0.3, -0.25) is 14.4 Å². The van der Waals surface area contributed by atoms with Crippen LogP contribution in [0.1, 0.15) is 41.4 Å². The molecule has 156 valence electrons. The molecule has 0 spiro atoms. The van der Waals surface area contributed by atoms with Crippen LogP contribution < -0.4 is 4.90 Å². The van der Waals surface area contributed by atoms with Gasteiger partial charge in [0.1, 0.15) is 5.52 Å². The molecule has 0 saturated carbocycles. The summed E-state index contributed by atoms with van der Waals surface area (Å²) < 4.78 is 5.74. The maximum absolute atomic E-state index is 12.9. The Balaban J connectivity index is 1.54. The molecular formula is C23H11ClN2O6. The molecule has 5 rings (SSSR count). The lowest BCUT2D eigenvalue weighted by Crippen LogP contribution is -2.29. The fourth-order valence-corrected chi connectivity index (χ4v) is 3.67. The Bertz CT molecular complexity index is 1490. The van der Waals surface area contributed by atoms with Crippen LogP contribution in [-0.2, 0) is 0 Å². The van der Waals surface area contributed by atoms with E-state index < -0.39 is 23.0 Å². The van der Waals surface area contributed by atoms with Crippen molar-refractivity contribution in [3.8, 4) is 11.5 Å². The summed E-state index contributed by atoms with van der Waals surface area (Å²) in [5.41, 5.74) is 1.99. The molecular weight excluding hydrogens is 436 g/mol. The van der Waals surface area contributed by atoms with E-state index in [0.29, 0.717) is 16.7 Å². The van der Waals surface area contributed by atoms with Crippen LogP contribution >= 0.6 is 11.6 Å². The molecule has 0 radical (unpaired) electrons. The molecule has 0 saturated heterocycles. The molecule has 1 N–H and O–H groups in total. The molecule has 3 aromatic carbocycles. The Morgan fingerprint density at radius 3 is 2.41 bits per heavy atom. The van der Waals surface area contributed by atoms with E-state index in [1.165, 1.54) is 30.3 Å². The number of carbonyl (C=O) groups excluding carboxylic acids is 3. The fraction of sp³-hybridized carbons (Fsp3) is 0. The predicted molar refractivity (Wildman–Crippen MR) is 114 cm³/mol. The summed E-state index contributed by atoms with van der Waals surface area (Å²) in [6, 6.07) is 14.9. The van der Waals surface area contributed by atoms with Crippen LogP contribution in [0.25, 0.3) is 22.6 Å². The monoisotopic (exact) mass is 446 g/mol. The minimum absolute atomic E-state index is 0.0282. The molecule has 32 heavy (non-hydrogen) atoms. The summed E-state index contributed by atoms with van der Waals surface area (Å²) in [5.74, 6) is -2.13. The van der Waals surface area contributed by atoms with Gasteiger partial charge in [-0.2, -0.15) is 0 Å². The quantitative estimate of drug-likeness (QED) is 0.365. The highest BCUT2D eigenvalue weighted by Crippen LogP contribution is 2.33. The number of aromatic carboxylic acids is 1. The Morgan fingerprint density at radius 2 is 1.66 bits per heavy atom. The fourth-order valence-electron chi connectivity index (χ4n) is 3.56. The number of anilines is 1. The summed E-state index contributed by atoms with van der Waals surface area (Å²) >= 11 is 5.51. The van der Waals surface area contributed by atoms with Gasteiger partial charge >= 0.3 is 5.97 Å². The van der Waals surface area contributed by atoms with E-state index in [0.717, 1.165) is 4.90 Å². The van der Waals surface area contributed by atoms with Gasteiger partial charge in [0.2, 0.25) is 5.89 Å². The smallest absolute Gasteiger partial charge is 0.335 e. The van der Waals surface area contributed by atoms with Gasteiger partial charge in [-0.15, -0.1) is 0 Å². The molecule has 2 amide bonds. The van der Waals surface area contributed by atoms with Gasteiger partial charge in [0.15, 0.2) is 5.58 Å². The van der Waals surface area contributed by atoms with Crippen molar-refractivity contribution >= 4 is 51.4 Å². The van der Waals surface area contributed by atoms with Crippen molar-refractivity contribution < 1.29 is 28.7 Å². The number of nitrogens with zero attached hydrogens (tertiary/aromatic N) is 2. The first-order valence-corrected chi connectivity index (χ1v) is 9.68. The molecule has 8 nitrogen and oxygen atoms in total. The molecule has 1 aliphatic heterocycles. The van der Waals surface area contributed by atoms with Gasteiger partial charge in [0, 0.05) is 11.1 Å². The van der Waals surface area contributed by atoms with Crippen LogP contribution in [0.5, 0.6) is 0 Å². The third kappa shape index (κ3) is 3.05. The Kier molecular flexibility index (Phi) is 4.38. The number of halogens is 1. The number of carboxylic acid groups (broad SMARTS) is 1. The van der Waals surface area contributed by atoms with Crippen LogP contribution in [0.2, 0.25) is 0 Å². The number of oxazole rings is 1. The van der Waals surface area contributed by atoms with Gasteiger partial charge in [0.05, 0.1) is 22.4 Å². The molecule has 0 fully saturated rings. The minimum atomic E-state index is -1.19. The summed E-state index contributed by atoms with van der Waals surface area (Å²) in [5, 5.41) is 8.55. The minimum Gasteiger partial charge on any atom is -0.478 e. The Hall–Kier alpha value is -4.30. The normalized spacial score (nSPS) is 13.0. The molecule has 0 atom stereocenters. The van der Waals surface area contributed by atoms with Crippen LogP contribution in [0.4, 0.5) is 5.69 Å². The SMILES string of the molecule is O=C(O)c1ccc2c(c1)C(=O)N(c1cccc(-c3nc4ccc(C(=O)Cl)cc4o3)c1)C2=O. The number of imide groups is 1. The Morgan fingerprint density at radius 1 is 0.906 bits per heavy atom. The summed E-state index contributed by atoms with van der Waals surface area (Å²) in [6.07, 6.45) is 0. The summed E-state index contributed by atoms with van der Waals surface area (Å²) in [6.45, 7) is 0. The zero-order valence-corrected chi connectivity index (χ0v) is 16.8. The predicted octanol–water partition coefficient (Wildman–Crippen LogP) is 4.37. The first-order chi connectivity index (χ1) is 15.3. The number of fused-ring (bicyclic) bond motifs is 2. The van der Waals surface area contributed by atoms with Gasteiger partial charge in [0.25, 0.3) is 17.1 Å². The van der Waals surface area contributed by atoms with Crippen molar-refractivity contribution in [2.75, 3.05) is 4.90 Å². The first-order valence-electron chi connectivity index (χ1n) is 9.30. The van der Waals surface area contributed by atoms with Crippen molar-refractivity contribution in [2.45, 2.75) is 0 Å². The number of carbonyl (C=O) groups is 4. The van der Waals surface area contributed by atoms with Crippen molar-refractivity contribution in [3.63, 3.8) is 0 Å². The third-order valence-electron chi connectivity index (χ3n) is 5.10. The Labute approximate surface area is 184 Å². The number of hydrogen-bond donors (Lipinski definition) is 1. The molecule has 0 unspecified atom stereocenters. The summed E-state index contributed by atoms with van der Waals surface area (Å²) in [4.78, 5) is 53.7. The zero-order chi connectivity index (χ0) is 22.6. The largest absolute Gasteiger partial charge is 0.478 e. The molecule has 0 aliphatic carbocycles. The topological polar surface area (TPSA) is 118 Å². The highest BCUT2D eigenvalue weighted by atomic mass is 35.5. The number of benzene rings is 3. The van der Waals surface area contributed by atoms with Gasteiger partial charge < -0.3 is 9.52 Å². The molecule has 4 aromatic rings. The average molecular weight is 447 g/mol. The molecule has 9 heteroatoms. The van der Waals surface area contributed by atoms with Crippen molar-refractivity contribution in [3.05, 3.63) is 82.9 Å². The number of rotatable bonds is 4. The maximum atomic E-state index is 12.9. The van der Waals surface area contributed by atoms with E-state index in [1.54, 1.807) is 30.3 Å². The van der Waals surface area contributed by atoms with E-state index in [9.17, 15) is 19.2 Å². The molecule has 0 bridgehead atoms. The lowest BCUT2D eigenvalue weighted by Gasteiger charge is -2.14. The summed E-state index contributed by atoms with van der Waals surface area (Å²) in [7, 11) is 0. The second kappa shape index (κ2) is 7.14. The zero-order valence-electron chi connectivity index (χ0n) is 16.0. The number of amides is 2. The standard InChI is InChI=1S/C23H11ClN2O6/c24-19(27)11-5-7-17-18(10-11)32-20(25-17)12-2-1-3-14(8-12)26-21(28)15-6-4-13(23(30)31)9-16(15)22(26)29/h1-10H,(H,30,31). The highest BCUT2D eigenvalue weighted by Gasteiger charge is 2.37. The van der Waals surface area contributed by atoms with Gasteiger partial charge in [-0.25, -0.2) is 14.7 Å². The first kappa shape index (κ1) is 19.7. The van der Waals surface area contributed by atoms with Gasteiger partial charge in [-0.05, 0) is 66.2 Å². The lowest BCUT2D eigenvalue weighted by molar-refractivity contribution is 0.0696. The number of carboxylic acids is 1. The van der Waals surface area contributed by atoms with Crippen LogP contribution in [-0.4, -0.2) is 33.1 Å². The highest BCUT2D eigenvalue weighted by molar-refractivity contribution is 6.67. The van der Waals surface area contributed by atoms with Crippen molar-refractivity contribution in [1.82, 2.24) is 4.98 Å². The third-order valence-corrected chi connectivity index (χ3v) is 5.32. The molecule has 1 aromatic heterocycles. The second-order valence-corrected chi connectivity index (χ2v) is 7.38. The van der Waals surface area contributed by atoms with E-state index >= 15 is 0 Å². The van der Waals surface area contributed by atoms with Crippen LogP contribution in [0.3, 0.4) is 0 Å². The van der Waals surface area contributed by atoms with E-state index in [1.807, 2.05) is 0 Å². The maximum Gasteiger partial charge on any atom is 0.335 e. The lowest BCUT2D eigenvalue weighted by atomic mass is 10.1. The molecule has 1 aliphatic rings. The van der Waals surface area contributed by atoms with Gasteiger partial charge in [-0.1, -0.05) is 6.07 Å². The second-order valence-electron chi connectivity index (χ2n) is 7.04. The van der Waals surface area contributed by atoms with E-state index in [-0.39, 0.29) is 33.8 Å². The van der Waals surface area contributed by atoms with Crippen LogP contribution in [0.15, 0.2) is 65.1 Å². The van der Waals surface area contributed by atoms with Crippen molar-refractivity contribution in [1.29, 1.82) is 0 Å². The van der Waals surface area contributed by atoms with E-state index in [2.05, 4.69) is 4.98 Å². The average Bonchev–Trinajstić information content (AvgIpc) is 3.32. The van der Waals surface area contributed by atoms with Crippen molar-refractivity contribution in [2.24, 2.45) is 0 Å². The number of hydrogen-bond acceptors (Lipinski definition) is 6. The number of aromatic nitrogens is 1.